The molecule has 19 heavy (non-hydrogen) atoms. The van der Waals surface area contributed by atoms with E-state index in [1.54, 1.807) is 0 Å². The predicted octanol–water partition coefficient (Wildman–Crippen LogP) is 2.36. The summed E-state index contributed by atoms with van der Waals surface area (Å²) in [5, 5.41) is 5.39. The summed E-state index contributed by atoms with van der Waals surface area (Å²) in [5.74, 6) is -0.199. The zero-order chi connectivity index (χ0) is 13.2. The summed E-state index contributed by atoms with van der Waals surface area (Å²) in [4.78, 5) is 24.3. The van der Waals surface area contributed by atoms with Crippen LogP contribution >= 0.6 is 0 Å². The van der Waals surface area contributed by atoms with Gasteiger partial charge in [-0.15, -0.1) is 0 Å². The van der Waals surface area contributed by atoms with Crippen molar-refractivity contribution in [1.82, 2.24) is 4.90 Å². The minimum Gasteiger partial charge on any atom is -0.367 e. The quantitative estimate of drug-likeness (QED) is 0.855. The third kappa shape index (κ3) is 2.17. The molecule has 0 spiro atoms. The molecule has 2 aromatic rings. The maximum atomic E-state index is 11.5. The number of hydrogen-bond donors (Lipinski definition) is 1. The van der Waals surface area contributed by atoms with E-state index in [2.05, 4.69) is 5.32 Å². The number of benzene rings is 2. The molecule has 2 aromatic carbocycles. The number of rotatable bonds is 3. The van der Waals surface area contributed by atoms with Gasteiger partial charge < -0.3 is 5.32 Å². The molecule has 1 heterocycles. The Morgan fingerprint density at radius 1 is 0.947 bits per heavy atom. The number of amides is 2. The summed E-state index contributed by atoms with van der Waals surface area (Å²) in [5.41, 5.74) is 0.936. The standard InChI is InChI=1S/C15H14N2O2/c18-14-8-9-15(19)17(14)10-16-13-7-3-5-11-4-1-2-6-12(11)13/h1-7,16H,8-10H2. The predicted molar refractivity (Wildman–Crippen MR) is 73.5 cm³/mol. The summed E-state index contributed by atoms with van der Waals surface area (Å²) in [7, 11) is 0. The van der Waals surface area contributed by atoms with E-state index in [1.165, 1.54) is 4.90 Å². The third-order valence-corrected chi connectivity index (χ3v) is 3.37. The van der Waals surface area contributed by atoms with Gasteiger partial charge in [0, 0.05) is 23.9 Å². The largest absolute Gasteiger partial charge is 0.367 e. The van der Waals surface area contributed by atoms with Crippen LogP contribution in [-0.2, 0) is 9.59 Å². The van der Waals surface area contributed by atoms with E-state index in [4.69, 9.17) is 0 Å². The minimum absolute atomic E-state index is 0.0993. The Bertz CT molecular complexity index is 630. The van der Waals surface area contributed by atoms with E-state index in [0.717, 1.165) is 16.5 Å². The lowest BCUT2D eigenvalue weighted by Gasteiger charge is -2.16. The smallest absolute Gasteiger partial charge is 0.231 e. The van der Waals surface area contributed by atoms with E-state index >= 15 is 0 Å². The number of likely N-dealkylation sites (tertiary alicyclic amines) is 1. The Labute approximate surface area is 111 Å². The number of carbonyl (C=O) groups is 2. The van der Waals surface area contributed by atoms with Gasteiger partial charge >= 0.3 is 0 Å². The van der Waals surface area contributed by atoms with Crippen LogP contribution in [0.25, 0.3) is 10.8 Å². The molecule has 4 heteroatoms. The van der Waals surface area contributed by atoms with Crippen molar-refractivity contribution in [2.45, 2.75) is 12.8 Å². The van der Waals surface area contributed by atoms with Gasteiger partial charge in [-0.05, 0) is 11.5 Å². The van der Waals surface area contributed by atoms with Gasteiger partial charge in [-0.1, -0.05) is 36.4 Å². The SMILES string of the molecule is O=C1CCC(=O)N1CNc1cccc2ccccc12. The second-order valence-corrected chi connectivity index (χ2v) is 4.58. The van der Waals surface area contributed by atoms with Gasteiger partial charge in [-0.3, -0.25) is 14.5 Å². The summed E-state index contributed by atoms with van der Waals surface area (Å²) in [6, 6.07) is 14.0. The number of hydrogen-bond acceptors (Lipinski definition) is 3. The molecular weight excluding hydrogens is 240 g/mol. The molecule has 1 saturated heterocycles. The lowest BCUT2D eigenvalue weighted by atomic mass is 10.1. The highest BCUT2D eigenvalue weighted by atomic mass is 16.2. The Hall–Kier alpha value is -2.36. The van der Waals surface area contributed by atoms with Crippen molar-refractivity contribution in [3.05, 3.63) is 42.5 Å². The van der Waals surface area contributed by atoms with E-state index in [9.17, 15) is 9.59 Å². The van der Waals surface area contributed by atoms with E-state index < -0.39 is 0 Å². The average molecular weight is 254 g/mol. The summed E-state index contributed by atoms with van der Waals surface area (Å²) in [6.45, 7) is 0.242. The minimum atomic E-state index is -0.0993. The Morgan fingerprint density at radius 2 is 1.63 bits per heavy atom. The fourth-order valence-corrected chi connectivity index (χ4v) is 2.34. The van der Waals surface area contributed by atoms with Gasteiger partial charge in [0.05, 0.1) is 6.67 Å². The van der Waals surface area contributed by atoms with Crippen LogP contribution < -0.4 is 5.32 Å². The van der Waals surface area contributed by atoms with E-state index in [-0.39, 0.29) is 18.5 Å². The van der Waals surface area contributed by atoms with E-state index in [1.807, 2.05) is 42.5 Å². The van der Waals surface area contributed by atoms with Crippen molar-refractivity contribution < 1.29 is 9.59 Å². The summed E-state index contributed by atoms with van der Waals surface area (Å²) < 4.78 is 0. The second kappa shape index (κ2) is 4.72. The maximum absolute atomic E-state index is 11.5. The Morgan fingerprint density at radius 3 is 2.42 bits per heavy atom. The highest BCUT2D eigenvalue weighted by Crippen LogP contribution is 2.23. The molecule has 0 radical (unpaired) electrons. The monoisotopic (exact) mass is 254 g/mol. The Balaban J connectivity index is 1.82. The first-order valence-corrected chi connectivity index (χ1v) is 6.30. The summed E-state index contributed by atoms with van der Waals surface area (Å²) in [6.07, 6.45) is 0.659. The van der Waals surface area contributed by atoms with Crippen LogP contribution in [0, 0.1) is 0 Å². The molecule has 1 aliphatic heterocycles. The molecule has 4 nitrogen and oxygen atoms in total. The number of carbonyl (C=O) groups excluding carboxylic acids is 2. The van der Waals surface area contributed by atoms with Crippen molar-refractivity contribution >= 4 is 28.3 Å². The van der Waals surface area contributed by atoms with Crippen LogP contribution in [-0.4, -0.2) is 23.4 Å². The molecule has 0 atom stereocenters. The first kappa shape index (κ1) is 11.7. The van der Waals surface area contributed by atoms with Crippen molar-refractivity contribution in [3.63, 3.8) is 0 Å². The van der Waals surface area contributed by atoms with Crippen molar-refractivity contribution in [2.24, 2.45) is 0 Å². The van der Waals surface area contributed by atoms with Crippen molar-refractivity contribution in [1.29, 1.82) is 0 Å². The van der Waals surface area contributed by atoms with Gasteiger partial charge in [0.1, 0.15) is 0 Å². The van der Waals surface area contributed by atoms with E-state index in [0.29, 0.717) is 12.8 Å². The molecule has 96 valence electrons. The highest BCUT2D eigenvalue weighted by molar-refractivity contribution is 6.02. The molecule has 0 bridgehead atoms. The number of nitrogens with one attached hydrogen (secondary N) is 1. The molecule has 0 aliphatic carbocycles. The number of anilines is 1. The number of imide groups is 1. The number of nitrogens with zero attached hydrogens (tertiary/aromatic N) is 1. The van der Waals surface area contributed by atoms with Crippen LogP contribution in [0.4, 0.5) is 5.69 Å². The molecule has 1 fully saturated rings. The maximum Gasteiger partial charge on any atom is 0.231 e. The van der Waals surface area contributed by atoms with Crippen LogP contribution in [0.1, 0.15) is 12.8 Å². The average Bonchev–Trinajstić information content (AvgIpc) is 2.76. The van der Waals surface area contributed by atoms with Crippen LogP contribution in [0.2, 0.25) is 0 Å². The first-order chi connectivity index (χ1) is 9.25. The van der Waals surface area contributed by atoms with Gasteiger partial charge in [0.25, 0.3) is 0 Å². The van der Waals surface area contributed by atoms with Crippen LogP contribution in [0.15, 0.2) is 42.5 Å². The molecule has 1 aliphatic rings. The lowest BCUT2D eigenvalue weighted by molar-refractivity contribution is -0.137. The fraction of sp³-hybridized carbons (Fsp3) is 0.200. The highest BCUT2D eigenvalue weighted by Gasteiger charge is 2.28. The lowest BCUT2D eigenvalue weighted by Crippen LogP contribution is -2.33. The normalized spacial score (nSPS) is 15.3. The van der Waals surface area contributed by atoms with Crippen LogP contribution in [0.3, 0.4) is 0 Å². The molecular formula is C15H14N2O2. The van der Waals surface area contributed by atoms with Gasteiger partial charge in [0.15, 0.2) is 0 Å². The van der Waals surface area contributed by atoms with Gasteiger partial charge in [-0.25, -0.2) is 0 Å². The fourth-order valence-electron chi connectivity index (χ4n) is 2.34. The molecule has 0 aromatic heterocycles. The van der Waals surface area contributed by atoms with Gasteiger partial charge in [-0.2, -0.15) is 0 Å². The van der Waals surface area contributed by atoms with Gasteiger partial charge in [0.2, 0.25) is 11.8 Å². The summed E-state index contributed by atoms with van der Waals surface area (Å²) >= 11 is 0. The molecule has 2 amide bonds. The number of fused-ring (bicyclic) bond motifs is 1. The Kier molecular flexibility index (Phi) is 2.91. The first-order valence-electron chi connectivity index (χ1n) is 6.30. The topological polar surface area (TPSA) is 49.4 Å². The zero-order valence-electron chi connectivity index (χ0n) is 10.4. The second-order valence-electron chi connectivity index (χ2n) is 4.58. The van der Waals surface area contributed by atoms with Crippen LogP contribution in [0.5, 0.6) is 0 Å². The third-order valence-electron chi connectivity index (χ3n) is 3.37. The molecule has 0 saturated carbocycles. The molecule has 0 unspecified atom stereocenters. The zero-order valence-corrected chi connectivity index (χ0v) is 10.4. The molecule has 3 rings (SSSR count). The van der Waals surface area contributed by atoms with Crippen molar-refractivity contribution in [3.8, 4) is 0 Å². The van der Waals surface area contributed by atoms with Crippen molar-refractivity contribution in [2.75, 3.05) is 12.0 Å². The molecule has 1 N–H and O–H groups in total.